The predicted molar refractivity (Wildman–Crippen MR) is 140 cm³/mol. The first kappa shape index (κ1) is 26.6. The maximum atomic E-state index is 13.3. The largest absolute Gasteiger partial charge is 0.497 e. The summed E-state index contributed by atoms with van der Waals surface area (Å²) in [6.07, 6.45) is 0.129. The van der Waals surface area contributed by atoms with Crippen molar-refractivity contribution in [3.05, 3.63) is 46.1 Å². The van der Waals surface area contributed by atoms with Crippen LogP contribution in [0, 0.1) is 0 Å². The van der Waals surface area contributed by atoms with Gasteiger partial charge in [0.1, 0.15) is 11.5 Å². The maximum Gasteiger partial charge on any atom is 0.338 e. The molecule has 11 heteroatoms. The standard InChI is InChI=1S/C26H32N4O6S/c1-6-36-25(33)23-16(2)27-26-30(24(23)20-14-19(34-4)7-8-21(20)35-5)18(15-37-26)13-22(32)29-11-9-28(10-12-29)17(3)31/h7-8,14-15,24H,6,9-13H2,1-5H3/t24-/m1/s1. The fourth-order valence-corrected chi connectivity index (χ4v) is 5.69. The van der Waals surface area contributed by atoms with Crippen molar-refractivity contribution in [2.45, 2.75) is 33.2 Å². The number of amides is 2. The summed E-state index contributed by atoms with van der Waals surface area (Å²) in [6.45, 7) is 7.31. The maximum absolute atomic E-state index is 13.3. The summed E-state index contributed by atoms with van der Waals surface area (Å²) < 4.78 is 16.6. The molecule has 1 fully saturated rings. The van der Waals surface area contributed by atoms with Crippen molar-refractivity contribution in [3.8, 4) is 11.5 Å². The van der Waals surface area contributed by atoms with Crippen LogP contribution in [0.15, 0.2) is 45.6 Å². The summed E-state index contributed by atoms with van der Waals surface area (Å²) in [5.41, 5.74) is 2.36. The van der Waals surface area contributed by atoms with Crippen molar-refractivity contribution in [1.82, 2.24) is 14.7 Å². The highest BCUT2D eigenvalue weighted by atomic mass is 32.2. The van der Waals surface area contributed by atoms with E-state index in [1.807, 2.05) is 16.4 Å². The van der Waals surface area contributed by atoms with Gasteiger partial charge in [-0.15, -0.1) is 0 Å². The number of carbonyl (C=O) groups excluding carboxylic acids is 3. The van der Waals surface area contributed by atoms with Gasteiger partial charge >= 0.3 is 5.97 Å². The molecule has 198 valence electrons. The lowest BCUT2D eigenvalue weighted by molar-refractivity contribution is -0.139. The number of ether oxygens (including phenoxy) is 3. The Morgan fingerprint density at radius 2 is 1.78 bits per heavy atom. The van der Waals surface area contributed by atoms with Crippen molar-refractivity contribution in [2.75, 3.05) is 47.0 Å². The van der Waals surface area contributed by atoms with E-state index in [4.69, 9.17) is 19.2 Å². The number of thioether (sulfide) groups is 1. The minimum Gasteiger partial charge on any atom is -0.497 e. The predicted octanol–water partition coefficient (Wildman–Crippen LogP) is 2.92. The molecular weight excluding hydrogens is 496 g/mol. The van der Waals surface area contributed by atoms with Gasteiger partial charge in [-0.3, -0.25) is 9.59 Å². The monoisotopic (exact) mass is 528 g/mol. The van der Waals surface area contributed by atoms with Crippen LogP contribution in [0.5, 0.6) is 11.5 Å². The Morgan fingerprint density at radius 1 is 1.08 bits per heavy atom. The van der Waals surface area contributed by atoms with Crippen molar-refractivity contribution in [3.63, 3.8) is 0 Å². The molecule has 3 heterocycles. The molecule has 1 aromatic carbocycles. The smallest absolute Gasteiger partial charge is 0.338 e. The number of amidine groups is 1. The molecule has 0 bridgehead atoms. The number of benzene rings is 1. The molecule has 4 rings (SSSR count). The molecule has 3 aliphatic rings. The van der Waals surface area contributed by atoms with Crippen LogP contribution in [0.2, 0.25) is 0 Å². The molecule has 1 atom stereocenters. The first-order valence-corrected chi connectivity index (χ1v) is 13.0. The summed E-state index contributed by atoms with van der Waals surface area (Å²) in [7, 11) is 3.15. The molecule has 10 nitrogen and oxygen atoms in total. The lowest BCUT2D eigenvalue weighted by Gasteiger charge is -2.38. The van der Waals surface area contributed by atoms with Gasteiger partial charge in [-0.25, -0.2) is 9.79 Å². The minimum atomic E-state index is -0.625. The third-order valence-electron chi connectivity index (χ3n) is 6.64. The van der Waals surface area contributed by atoms with Crippen molar-refractivity contribution < 1.29 is 28.6 Å². The molecule has 0 saturated carbocycles. The second-order valence-corrected chi connectivity index (χ2v) is 9.62. The number of rotatable bonds is 7. The number of methoxy groups -OCH3 is 2. The molecule has 0 aromatic heterocycles. The number of aliphatic imine (C=N–C) groups is 1. The van der Waals surface area contributed by atoms with Crippen LogP contribution < -0.4 is 9.47 Å². The molecule has 0 N–H and O–H groups in total. The van der Waals surface area contributed by atoms with Crippen LogP contribution in [-0.4, -0.2) is 84.7 Å². The van der Waals surface area contributed by atoms with Crippen LogP contribution in [-0.2, 0) is 19.1 Å². The van der Waals surface area contributed by atoms with Crippen LogP contribution >= 0.6 is 11.8 Å². The first-order valence-electron chi connectivity index (χ1n) is 12.2. The van der Waals surface area contributed by atoms with E-state index in [0.29, 0.717) is 59.7 Å². The lowest BCUT2D eigenvalue weighted by Crippen LogP contribution is -2.50. The molecular formula is C26H32N4O6S. The van der Waals surface area contributed by atoms with Crippen LogP contribution in [0.4, 0.5) is 0 Å². The van der Waals surface area contributed by atoms with Gasteiger partial charge in [0.25, 0.3) is 0 Å². The second-order valence-electron chi connectivity index (χ2n) is 8.79. The summed E-state index contributed by atoms with van der Waals surface area (Å²) in [4.78, 5) is 48.3. The average molecular weight is 529 g/mol. The lowest BCUT2D eigenvalue weighted by atomic mass is 9.92. The third-order valence-corrected chi connectivity index (χ3v) is 7.53. The number of fused-ring (bicyclic) bond motifs is 1. The van der Waals surface area contributed by atoms with Gasteiger partial charge < -0.3 is 28.9 Å². The van der Waals surface area contributed by atoms with Gasteiger partial charge in [-0.05, 0) is 37.5 Å². The molecule has 2 amide bonds. The summed E-state index contributed by atoms with van der Waals surface area (Å²) in [5, 5.41) is 2.58. The van der Waals surface area contributed by atoms with Crippen molar-refractivity contribution in [1.29, 1.82) is 0 Å². The van der Waals surface area contributed by atoms with E-state index < -0.39 is 12.0 Å². The number of hydrogen-bond donors (Lipinski definition) is 0. The average Bonchev–Trinajstić information content (AvgIpc) is 3.29. The molecule has 0 radical (unpaired) electrons. The molecule has 0 spiro atoms. The van der Waals surface area contributed by atoms with Crippen molar-refractivity contribution >= 4 is 34.7 Å². The second kappa shape index (κ2) is 11.3. The highest BCUT2D eigenvalue weighted by molar-refractivity contribution is 8.16. The summed E-state index contributed by atoms with van der Waals surface area (Å²) >= 11 is 1.41. The normalized spacial score (nSPS) is 19.3. The van der Waals surface area contributed by atoms with E-state index in [2.05, 4.69) is 0 Å². The Morgan fingerprint density at radius 3 is 2.41 bits per heavy atom. The van der Waals surface area contributed by atoms with Gasteiger partial charge in [0, 0.05) is 44.4 Å². The highest BCUT2D eigenvalue weighted by Gasteiger charge is 2.43. The molecule has 0 unspecified atom stereocenters. The number of carbonyl (C=O) groups is 3. The quantitative estimate of drug-likeness (QED) is 0.498. The zero-order valence-electron chi connectivity index (χ0n) is 21.8. The van der Waals surface area contributed by atoms with Gasteiger partial charge in [-0.2, -0.15) is 0 Å². The Bertz CT molecular complexity index is 1190. The third kappa shape index (κ3) is 5.31. The van der Waals surface area contributed by atoms with Crippen LogP contribution in [0.1, 0.15) is 38.8 Å². The minimum absolute atomic E-state index is 0.0138. The zero-order chi connectivity index (χ0) is 26.7. The Labute approximate surface area is 220 Å². The molecule has 1 saturated heterocycles. The number of piperazine rings is 1. The highest BCUT2D eigenvalue weighted by Crippen LogP contribution is 2.47. The van der Waals surface area contributed by atoms with E-state index >= 15 is 0 Å². The fraction of sp³-hybridized carbons (Fsp3) is 0.462. The van der Waals surface area contributed by atoms with E-state index in [0.717, 1.165) is 5.70 Å². The Balaban J connectivity index is 1.69. The SMILES string of the molecule is CCOC(=O)C1=C(C)N=C2SC=C(CC(=O)N3CCN(C(C)=O)CC3)N2[C@@H]1c1cc(OC)ccc1OC. The number of nitrogens with zero attached hydrogens (tertiary/aromatic N) is 4. The Hall–Kier alpha value is -3.47. The number of hydrogen-bond acceptors (Lipinski definition) is 9. The van der Waals surface area contributed by atoms with Gasteiger partial charge in [0.05, 0.1) is 44.6 Å². The van der Waals surface area contributed by atoms with Crippen LogP contribution in [0.3, 0.4) is 0 Å². The first-order chi connectivity index (χ1) is 17.8. The van der Waals surface area contributed by atoms with Gasteiger partial charge in [-0.1, -0.05) is 11.8 Å². The van der Waals surface area contributed by atoms with E-state index in [9.17, 15) is 14.4 Å². The van der Waals surface area contributed by atoms with Gasteiger partial charge in [0.15, 0.2) is 5.17 Å². The fourth-order valence-electron chi connectivity index (χ4n) is 4.72. The van der Waals surface area contributed by atoms with Crippen molar-refractivity contribution in [2.24, 2.45) is 4.99 Å². The van der Waals surface area contributed by atoms with E-state index in [1.54, 1.807) is 56.9 Å². The Kier molecular flexibility index (Phi) is 8.11. The zero-order valence-corrected chi connectivity index (χ0v) is 22.6. The topological polar surface area (TPSA) is 101 Å². The molecule has 37 heavy (non-hydrogen) atoms. The van der Waals surface area contributed by atoms with E-state index in [1.165, 1.54) is 11.8 Å². The van der Waals surface area contributed by atoms with Gasteiger partial charge in [0.2, 0.25) is 11.8 Å². The van der Waals surface area contributed by atoms with E-state index in [-0.39, 0.29) is 24.8 Å². The molecule has 1 aromatic rings. The summed E-state index contributed by atoms with van der Waals surface area (Å²) in [5.74, 6) is 0.680. The van der Waals surface area contributed by atoms with Crippen LogP contribution in [0.25, 0.3) is 0 Å². The summed E-state index contributed by atoms with van der Waals surface area (Å²) in [6, 6.07) is 4.80. The molecule has 3 aliphatic heterocycles. The molecule has 0 aliphatic carbocycles. The number of esters is 1. The number of allylic oxidation sites excluding steroid dienone is 1.